The molecular formula is C7H5NOSi. The standard InChI is InChI=1S/C7H5NOSi/c1-2-4-7-6(3-1)8-5-9-10-7/h1-5H. The van der Waals surface area contributed by atoms with Crippen LogP contribution in [0.3, 0.4) is 0 Å². The van der Waals surface area contributed by atoms with E-state index in [1.807, 2.05) is 24.3 Å². The van der Waals surface area contributed by atoms with Gasteiger partial charge in [0.05, 0.1) is 5.69 Å². The van der Waals surface area contributed by atoms with Crippen molar-refractivity contribution in [3.05, 3.63) is 24.3 Å². The SMILES string of the molecule is C1=Nc2ccccc2[Si]O1. The average molecular weight is 147 g/mol. The molecule has 1 aromatic carbocycles. The van der Waals surface area contributed by atoms with Gasteiger partial charge in [-0.25, -0.2) is 4.99 Å². The Hall–Kier alpha value is -1.09. The first-order chi connectivity index (χ1) is 4.97. The second-order valence-electron chi connectivity index (χ2n) is 1.97. The molecule has 1 aliphatic heterocycles. The Morgan fingerprint density at radius 3 is 3.10 bits per heavy atom. The minimum Gasteiger partial charge on any atom is -0.528 e. The van der Waals surface area contributed by atoms with Crippen LogP contribution in [-0.2, 0) is 4.43 Å². The minimum atomic E-state index is 0.423. The highest BCUT2D eigenvalue weighted by atomic mass is 28.2. The third-order valence-corrected chi connectivity index (χ3v) is 2.18. The van der Waals surface area contributed by atoms with Crippen LogP contribution in [0.5, 0.6) is 0 Å². The van der Waals surface area contributed by atoms with Crippen LogP contribution in [0, 0.1) is 0 Å². The number of rotatable bonds is 0. The maximum absolute atomic E-state index is 5.03. The molecule has 0 spiro atoms. The van der Waals surface area contributed by atoms with E-state index < -0.39 is 0 Å². The molecule has 0 saturated carbocycles. The van der Waals surface area contributed by atoms with Crippen LogP contribution in [0.15, 0.2) is 29.3 Å². The summed E-state index contributed by atoms with van der Waals surface area (Å²) in [5.74, 6) is 0. The molecule has 2 rings (SSSR count). The summed E-state index contributed by atoms with van der Waals surface area (Å²) in [6.45, 7) is 0. The molecule has 2 radical (unpaired) electrons. The Labute approximate surface area is 61.5 Å². The zero-order valence-electron chi connectivity index (χ0n) is 5.24. The summed E-state index contributed by atoms with van der Waals surface area (Å²) < 4.78 is 5.03. The molecule has 0 N–H and O–H groups in total. The van der Waals surface area contributed by atoms with E-state index in [0.717, 1.165) is 5.69 Å². The van der Waals surface area contributed by atoms with Crippen molar-refractivity contribution in [2.75, 3.05) is 0 Å². The molecule has 10 heavy (non-hydrogen) atoms. The molecule has 0 saturated heterocycles. The van der Waals surface area contributed by atoms with Gasteiger partial charge in [0, 0.05) is 5.19 Å². The second kappa shape index (κ2) is 2.26. The lowest BCUT2D eigenvalue weighted by Gasteiger charge is -2.06. The van der Waals surface area contributed by atoms with E-state index in [9.17, 15) is 0 Å². The van der Waals surface area contributed by atoms with Crippen molar-refractivity contribution in [2.45, 2.75) is 0 Å². The van der Waals surface area contributed by atoms with Crippen LogP contribution < -0.4 is 5.19 Å². The van der Waals surface area contributed by atoms with E-state index in [1.54, 1.807) is 0 Å². The normalized spacial score (nSPS) is 14.0. The lowest BCUT2D eigenvalue weighted by Crippen LogP contribution is -2.20. The summed E-state index contributed by atoms with van der Waals surface area (Å²) >= 11 is 0. The topological polar surface area (TPSA) is 21.6 Å². The summed E-state index contributed by atoms with van der Waals surface area (Å²) in [6.07, 6.45) is 1.50. The molecule has 1 aromatic rings. The first kappa shape index (κ1) is 5.67. The zero-order valence-corrected chi connectivity index (χ0v) is 6.24. The fourth-order valence-electron chi connectivity index (χ4n) is 0.845. The predicted octanol–water partition coefficient (Wildman–Crippen LogP) is 0.621. The monoisotopic (exact) mass is 147 g/mol. The van der Waals surface area contributed by atoms with Crippen molar-refractivity contribution in [1.82, 2.24) is 0 Å². The lowest BCUT2D eigenvalue weighted by atomic mass is 10.3. The van der Waals surface area contributed by atoms with Crippen molar-refractivity contribution < 1.29 is 4.43 Å². The maximum atomic E-state index is 5.03. The van der Waals surface area contributed by atoms with Gasteiger partial charge in [-0.2, -0.15) is 0 Å². The van der Waals surface area contributed by atoms with E-state index in [4.69, 9.17) is 4.43 Å². The third-order valence-electron chi connectivity index (χ3n) is 1.32. The molecule has 1 heterocycles. The number of hydrogen-bond acceptors (Lipinski definition) is 2. The van der Waals surface area contributed by atoms with Crippen molar-refractivity contribution >= 4 is 27.0 Å². The number of aliphatic imine (C=N–C) groups is 1. The molecule has 1 aliphatic rings. The number of nitrogens with zero attached hydrogens (tertiary/aromatic N) is 1. The highest BCUT2D eigenvalue weighted by molar-refractivity contribution is 6.51. The van der Waals surface area contributed by atoms with Crippen molar-refractivity contribution in [3.8, 4) is 0 Å². The van der Waals surface area contributed by atoms with Crippen molar-refractivity contribution in [2.24, 2.45) is 4.99 Å². The molecule has 48 valence electrons. The number of benzene rings is 1. The molecule has 0 atom stereocenters. The third kappa shape index (κ3) is 0.843. The Bertz CT molecular complexity index is 272. The van der Waals surface area contributed by atoms with Gasteiger partial charge in [-0.05, 0) is 6.07 Å². The van der Waals surface area contributed by atoms with Gasteiger partial charge in [0.1, 0.15) is 0 Å². The van der Waals surface area contributed by atoms with Crippen LogP contribution in [0.25, 0.3) is 0 Å². The number of para-hydroxylation sites is 1. The van der Waals surface area contributed by atoms with Gasteiger partial charge in [0.2, 0.25) is 0 Å². The van der Waals surface area contributed by atoms with Crippen LogP contribution in [0.1, 0.15) is 0 Å². The van der Waals surface area contributed by atoms with E-state index in [-0.39, 0.29) is 0 Å². The maximum Gasteiger partial charge on any atom is 0.354 e. The Balaban J connectivity index is 2.54. The van der Waals surface area contributed by atoms with Crippen molar-refractivity contribution in [3.63, 3.8) is 0 Å². The van der Waals surface area contributed by atoms with Crippen LogP contribution in [0.2, 0.25) is 0 Å². The number of hydrogen-bond donors (Lipinski definition) is 0. The molecule has 0 unspecified atom stereocenters. The number of fused-ring (bicyclic) bond motifs is 1. The van der Waals surface area contributed by atoms with Gasteiger partial charge < -0.3 is 4.43 Å². The largest absolute Gasteiger partial charge is 0.528 e. The van der Waals surface area contributed by atoms with Crippen molar-refractivity contribution in [1.29, 1.82) is 0 Å². The summed E-state index contributed by atoms with van der Waals surface area (Å²) in [5, 5.41) is 1.19. The van der Waals surface area contributed by atoms with Gasteiger partial charge in [0.25, 0.3) is 0 Å². The van der Waals surface area contributed by atoms with Gasteiger partial charge in [-0.1, -0.05) is 18.2 Å². The molecule has 0 amide bonds. The van der Waals surface area contributed by atoms with Crippen LogP contribution >= 0.6 is 0 Å². The average Bonchev–Trinajstić information content (AvgIpc) is 2.05. The summed E-state index contributed by atoms with van der Waals surface area (Å²) in [7, 11) is 0.423. The highest BCUT2D eigenvalue weighted by Crippen LogP contribution is 2.08. The van der Waals surface area contributed by atoms with Gasteiger partial charge >= 0.3 is 9.76 Å². The summed E-state index contributed by atoms with van der Waals surface area (Å²) in [5.41, 5.74) is 1.03. The molecule has 3 heteroatoms. The fourth-order valence-corrected chi connectivity index (χ4v) is 1.49. The Morgan fingerprint density at radius 2 is 2.20 bits per heavy atom. The van der Waals surface area contributed by atoms with Gasteiger partial charge in [0.15, 0.2) is 6.40 Å². The quantitative estimate of drug-likeness (QED) is 0.493. The minimum absolute atomic E-state index is 0.423. The first-order valence-corrected chi connectivity index (χ1v) is 3.91. The van der Waals surface area contributed by atoms with Crippen LogP contribution in [-0.4, -0.2) is 16.2 Å². The highest BCUT2D eigenvalue weighted by Gasteiger charge is 2.05. The Morgan fingerprint density at radius 1 is 1.30 bits per heavy atom. The van der Waals surface area contributed by atoms with E-state index in [0.29, 0.717) is 9.76 Å². The predicted molar refractivity (Wildman–Crippen MR) is 41.1 cm³/mol. The molecule has 2 nitrogen and oxygen atoms in total. The van der Waals surface area contributed by atoms with E-state index >= 15 is 0 Å². The lowest BCUT2D eigenvalue weighted by molar-refractivity contribution is 0.624. The molecule has 0 fully saturated rings. The van der Waals surface area contributed by atoms with Crippen LogP contribution in [0.4, 0.5) is 5.69 Å². The Kier molecular flexibility index (Phi) is 1.28. The van der Waals surface area contributed by atoms with Gasteiger partial charge in [-0.15, -0.1) is 0 Å². The summed E-state index contributed by atoms with van der Waals surface area (Å²) in [6, 6.07) is 7.99. The zero-order chi connectivity index (χ0) is 6.81. The molecule has 0 bridgehead atoms. The second-order valence-corrected chi connectivity index (χ2v) is 2.95. The van der Waals surface area contributed by atoms with E-state index in [1.165, 1.54) is 11.6 Å². The summed E-state index contributed by atoms with van der Waals surface area (Å²) in [4.78, 5) is 4.05. The molecule has 0 aliphatic carbocycles. The molecular weight excluding hydrogens is 142 g/mol. The van der Waals surface area contributed by atoms with Gasteiger partial charge in [-0.3, -0.25) is 0 Å². The first-order valence-electron chi connectivity index (χ1n) is 3.00. The molecule has 0 aromatic heterocycles. The van der Waals surface area contributed by atoms with E-state index in [2.05, 4.69) is 4.99 Å². The fraction of sp³-hybridized carbons (Fsp3) is 0. The smallest absolute Gasteiger partial charge is 0.354 e.